The first-order valence-electron chi connectivity index (χ1n) is 6.92. The van der Waals surface area contributed by atoms with Gasteiger partial charge < -0.3 is 10.2 Å². The molecule has 1 heterocycles. The number of hydrogen-bond acceptors (Lipinski definition) is 3. The molecule has 0 aromatic heterocycles. The number of hydrogen-bond donors (Lipinski definition) is 1. The average Bonchev–Trinajstić information content (AvgIpc) is 2.48. The van der Waals surface area contributed by atoms with Crippen molar-refractivity contribution in [3.63, 3.8) is 0 Å². The highest BCUT2D eigenvalue weighted by molar-refractivity contribution is 5.94. The molecule has 1 aliphatic heterocycles. The molecule has 5 nitrogen and oxygen atoms in total. The Hall–Kier alpha value is -2.49. The summed E-state index contributed by atoms with van der Waals surface area (Å²) < 4.78 is 26.3. The summed E-state index contributed by atoms with van der Waals surface area (Å²) in [6, 6.07) is 4.43. The minimum atomic E-state index is -0.904. The van der Waals surface area contributed by atoms with Gasteiger partial charge in [-0.2, -0.15) is 5.26 Å². The largest absolute Gasteiger partial charge is 0.349 e. The third kappa shape index (κ3) is 3.79. The van der Waals surface area contributed by atoms with Gasteiger partial charge in [-0.3, -0.25) is 9.59 Å². The fraction of sp³-hybridized carbons (Fsp3) is 0.400. The van der Waals surface area contributed by atoms with Gasteiger partial charge in [-0.15, -0.1) is 0 Å². The van der Waals surface area contributed by atoms with Crippen LogP contribution in [0.15, 0.2) is 18.2 Å². The minimum absolute atomic E-state index is 0.155. The molecule has 2 rings (SSSR count). The molecule has 2 amide bonds. The normalized spacial score (nSPS) is 15.2. The van der Waals surface area contributed by atoms with E-state index in [1.54, 1.807) is 4.90 Å². The first kappa shape index (κ1) is 15.9. The van der Waals surface area contributed by atoms with Crippen molar-refractivity contribution in [2.24, 2.45) is 0 Å². The van der Waals surface area contributed by atoms with Crippen molar-refractivity contribution in [3.05, 3.63) is 35.4 Å². The Labute approximate surface area is 126 Å². The highest BCUT2D eigenvalue weighted by atomic mass is 19.1. The molecule has 1 N–H and O–H groups in total. The SMILES string of the molecule is N#CCC(=O)N1CCC(NC(=O)c2ccc(F)cc2F)CC1. The first-order chi connectivity index (χ1) is 10.5. The predicted octanol–water partition coefficient (Wildman–Crippen LogP) is 1.60. The smallest absolute Gasteiger partial charge is 0.254 e. The number of piperidine rings is 1. The van der Waals surface area contributed by atoms with Gasteiger partial charge in [0, 0.05) is 25.2 Å². The van der Waals surface area contributed by atoms with E-state index in [9.17, 15) is 18.4 Å². The van der Waals surface area contributed by atoms with E-state index in [1.165, 1.54) is 0 Å². The summed E-state index contributed by atoms with van der Waals surface area (Å²) in [4.78, 5) is 25.1. The van der Waals surface area contributed by atoms with Crippen molar-refractivity contribution in [3.8, 4) is 6.07 Å². The summed E-state index contributed by atoms with van der Waals surface area (Å²) in [5, 5.41) is 11.2. The van der Waals surface area contributed by atoms with E-state index in [0.717, 1.165) is 12.1 Å². The van der Waals surface area contributed by atoms with Gasteiger partial charge in [0.25, 0.3) is 5.91 Å². The second kappa shape index (κ2) is 6.98. The van der Waals surface area contributed by atoms with Crippen molar-refractivity contribution in [1.82, 2.24) is 10.2 Å². The van der Waals surface area contributed by atoms with E-state index < -0.39 is 17.5 Å². The van der Waals surface area contributed by atoms with E-state index >= 15 is 0 Å². The standard InChI is InChI=1S/C15H15F2N3O2/c16-10-1-2-12(13(17)9-10)15(22)19-11-4-7-20(8-5-11)14(21)3-6-18/h1-2,9,11H,3-5,7-8H2,(H,19,22). The van der Waals surface area contributed by atoms with E-state index in [2.05, 4.69) is 5.32 Å². The summed E-state index contributed by atoms with van der Waals surface area (Å²) in [6.45, 7) is 0.884. The van der Waals surface area contributed by atoms with Crippen molar-refractivity contribution in [2.45, 2.75) is 25.3 Å². The highest BCUT2D eigenvalue weighted by Crippen LogP contribution is 2.14. The zero-order valence-corrected chi connectivity index (χ0v) is 11.8. The lowest BCUT2D eigenvalue weighted by Crippen LogP contribution is -2.46. The fourth-order valence-electron chi connectivity index (χ4n) is 2.39. The van der Waals surface area contributed by atoms with Gasteiger partial charge in [0.15, 0.2) is 0 Å². The molecule has 0 unspecified atom stereocenters. The maximum Gasteiger partial charge on any atom is 0.254 e. The molecule has 0 spiro atoms. The lowest BCUT2D eigenvalue weighted by Gasteiger charge is -2.32. The molecule has 0 saturated carbocycles. The van der Waals surface area contributed by atoms with Gasteiger partial charge in [-0.1, -0.05) is 0 Å². The number of benzene rings is 1. The third-order valence-corrected chi connectivity index (χ3v) is 3.59. The van der Waals surface area contributed by atoms with E-state index in [-0.39, 0.29) is 23.9 Å². The Bertz CT molecular complexity index is 620. The molecule has 116 valence electrons. The quantitative estimate of drug-likeness (QED) is 0.922. The van der Waals surface area contributed by atoms with Crippen LogP contribution in [-0.2, 0) is 4.79 Å². The van der Waals surface area contributed by atoms with E-state index in [0.29, 0.717) is 32.0 Å². The van der Waals surface area contributed by atoms with Crippen LogP contribution in [0.3, 0.4) is 0 Å². The predicted molar refractivity (Wildman–Crippen MR) is 73.7 cm³/mol. The number of carbonyl (C=O) groups is 2. The lowest BCUT2D eigenvalue weighted by molar-refractivity contribution is -0.131. The maximum atomic E-state index is 13.5. The summed E-state index contributed by atoms with van der Waals surface area (Å²) in [6.07, 6.45) is 0.912. The molecule has 0 radical (unpaired) electrons. The van der Waals surface area contributed by atoms with Gasteiger partial charge in [-0.25, -0.2) is 8.78 Å². The Morgan fingerprint density at radius 1 is 1.32 bits per heavy atom. The summed E-state index contributed by atoms with van der Waals surface area (Å²) in [5.74, 6) is -2.46. The monoisotopic (exact) mass is 307 g/mol. The van der Waals surface area contributed by atoms with Crippen LogP contribution < -0.4 is 5.32 Å². The topological polar surface area (TPSA) is 73.2 Å². The molecule has 22 heavy (non-hydrogen) atoms. The number of nitrogens with one attached hydrogen (secondary N) is 1. The number of rotatable bonds is 3. The number of halogens is 2. The molecule has 7 heteroatoms. The van der Waals surface area contributed by atoms with Crippen LogP contribution in [0.1, 0.15) is 29.6 Å². The van der Waals surface area contributed by atoms with Crippen molar-refractivity contribution >= 4 is 11.8 Å². The molecule has 0 atom stereocenters. The number of amides is 2. The Balaban J connectivity index is 1.89. The summed E-state index contributed by atoms with van der Waals surface area (Å²) in [7, 11) is 0. The van der Waals surface area contributed by atoms with Crippen LogP contribution in [0.25, 0.3) is 0 Å². The van der Waals surface area contributed by atoms with Gasteiger partial charge in [-0.05, 0) is 25.0 Å². The average molecular weight is 307 g/mol. The van der Waals surface area contributed by atoms with E-state index in [4.69, 9.17) is 5.26 Å². The molecule has 0 bridgehead atoms. The van der Waals surface area contributed by atoms with Crippen molar-refractivity contribution < 1.29 is 18.4 Å². The third-order valence-electron chi connectivity index (χ3n) is 3.59. The van der Waals surface area contributed by atoms with Gasteiger partial charge in [0.1, 0.15) is 18.1 Å². The molecule has 1 aliphatic rings. The number of nitriles is 1. The number of likely N-dealkylation sites (tertiary alicyclic amines) is 1. The maximum absolute atomic E-state index is 13.5. The summed E-state index contributed by atoms with van der Waals surface area (Å²) in [5.41, 5.74) is -0.204. The van der Waals surface area contributed by atoms with Crippen LogP contribution >= 0.6 is 0 Å². The number of carbonyl (C=O) groups excluding carboxylic acids is 2. The Morgan fingerprint density at radius 3 is 2.59 bits per heavy atom. The minimum Gasteiger partial charge on any atom is -0.349 e. The van der Waals surface area contributed by atoms with Crippen molar-refractivity contribution in [1.29, 1.82) is 5.26 Å². The van der Waals surface area contributed by atoms with Gasteiger partial charge >= 0.3 is 0 Å². The molecule has 1 fully saturated rings. The molecule has 1 aromatic rings. The van der Waals surface area contributed by atoms with Gasteiger partial charge in [0.2, 0.25) is 5.91 Å². The fourth-order valence-corrected chi connectivity index (χ4v) is 2.39. The first-order valence-corrected chi connectivity index (χ1v) is 6.92. The van der Waals surface area contributed by atoms with Crippen LogP contribution in [0.2, 0.25) is 0 Å². The molecule has 1 aromatic carbocycles. The van der Waals surface area contributed by atoms with Crippen LogP contribution in [0.5, 0.6) is 0 Å². The number of nitrogens with zero attached hydrogens (tertiary/aromatic N) is 2. The molecular weight excluding hydrogens is 292 g/mol. The lowest BCUT2D eigenvalue weighted by atomic mass is 10.0. The van der Waals surface area contributed by atoms with E-state index in [1.807, 2.05) is 6.07 Å². The van der Waals surface area contributed by atoms with Crippen LogP contribution in [0.4, 0.5) is 8.78 Å². The Kier molecular flexibility index (Phi) is 5.04. The molecule has 1 saturated heterocycles. The molecular formula is C15H15F2N3O2. The van der Waals surface area contributed by atoms with Crippen LogP contribution in [0, 0.1) is 23.0 Å². The zero-order valence-electron chi connectivity index (χ0n) is 11.8. The van der Waals surface area contributed by atoms with Crippen LogP contribution in [-0.4, -0.2) is 35.8 Å². The highest BCUT2D eigenvalue weighted by Gasteiger charge is 2.24. The van der Waals surface area contributed by atoms with Gasteiger partial charge in [0.05, 0.1) is 11.6 Å². The summed E-state index contributed by atoms with van der Waals surface area (Å²) >= 11 is 0. The zero-order chi connectivity index (χ0) is 16.1. The second-order valence-corrected chi connectivity index (χ2v) is 5.09. The second-order valence-electron chi connectivity index (χ2n) is 5.09. The Morgan fingerprint density at radius 2 is 2.00 bits per heavy atom. The van der Waals surface area contributed by atoms with Crippen molar-refractivity contribution in [2.75, 3.05) is 13.1 Å². The molecule has 0 aliphatic carbocycles.